The Morgan fingerprint density at radius 1 is 1.15 bits per heavy atom. The van der Waals surface area contributed by atoms with E-state index in [2.05, 4.69) is 0 Å². The Morgan fingerprint density at radius 3 is 2.46 bits per heavy atom. The van der Waals surface area contributed by atoms with Crippen molar-refractivity contribution in [2.24, 2.45) is 0 Å². The van der Waals surface area contributed by atoms with Crippen LogP contribution in [-0.2, 0) is 9.59 Å². The summed E-state index contributed by atoms with van der Waals surface area (Å²) in [6, 6.07) is 10.6. The van der Waals surface area contributed by atoms with Gasteiger partial charge in [0.2, 0.25) is 0 Å². The number of carboxylic acid groups (broad SMARTS) is 1. The minimum atomic E-state index is -1.30. The van der Waals surface area contributed by atoms with E-state index in [0.717, 1.165) is 0 Å². The number of fused-ring (bicyclic) bond motifs is 1. The van der Waals surface area contributed by atoms with Crippen molar-refractivity contribution in [1.82, 2.24) is 4.90 Å². The van der Waals surface area contributed by atoms with Crippen LogP contribution in [0.3, 0.4) is 0 Å². The third-order valence-electron chi connectivity index (χ3n) is 3.95. The lowest BCUT2D eigenvalue weighted by molar-refractivity contribution is -0.141. The van der Waals surface area contributed by atoms with Crippen molar-refractivity contribution in [2.45, 2.75) is 0 Å². The van der Waals surface area contributed by atoms with Crippen LogP contribution in [0.1, 0.15) is 21.5 Å². The van der Waals surface area contributed by atoms with Gasteiger partial charge in [-0.3, -0.25) is 19.3 Å². The molecule has 0 atom stereocenters. The third-order valence-corrected chi connectivity index (χ3v) is 3.95. The summed E-state index contributed by atoms with van der Waals surface area (Å²) in [6.45, 7) is -0.750. The summed E-state index contributed by atoms with van der Waals surface area (Å²) in [4.78, 5) is 36.8. The number of benzene rings is 2. The normalized spacial score (nSPS) is 15.2. The molecule has 0 aliphatic carbocycles. The minimum Gasteiger partial charge on any atom is -0.494 e. The molecule has 0 saturated carbocycles. The number of rotatable bonds is 4. The lowest BCUT2D eigenvalue weighted by Crippen LogP contribution is -2.44. The van der Waals surface area contributed by atoms with E-state index in [9.17, 15) is 18.8 Å². The van der Waals surface area contributed by atoms with Crippen molar-refractivity contribution in [3.63, 3.8) is 0 Å². The molecule has 1 aliphatic heterocycles. The summed E-state index contributed by atoms with van der Waals surface area (Å²) < 4.78 is 18.8. The quantitative estimate of drug-likeness (QED) is 0.673. The fourth-order valence-corrected chi connectivity index (χ4v) is 2.76. The van der Waals surface area contributed by atoms with E-state index >= 15 is 0 Å². The van der Waals surface area contributed by atoms with Crippen LogP contribution in [0.5, 0.6) is 5.75 Å². The van der Waals surface area contributed by atoms with E-state index in [1.807, 2.05) is 0 Å². The van der Waals surface area contributed by atoms with E-state index in [-0.39, 0.29) is 16.9 Å². The van der Waals surface area contributed by atoms with Crippen molar-refractivity contribution in [2.75, 3.05) is 13.7 Å². The molecule has 1 N–H and O–H groups in total. The average molecular weight is 355 g/mol. The number of methoxy groups -OCH3 is 1. The number of imide groups is 1. The van der Waals surface area contributed by atoms with Crippen LogP contribution in [0.2, 0.25) is 0 Å². The number of amides is 2. The molecule has 0 aromatic heterocycles. The topological polar surface area (TPSA) is 83.9 Å². The monoisotopic (exact) mass is 355 g/mol. The summed E-state index contributed by atoms with van der Waals surface area (Å²) in [6.07, 6.45) is 1.42. The molecule has 7 heteroatoms. The van der Waals surface area contributed by atoms with E-state index in [4.69, 9.17) is 9.84 Å². The van der Waals surface area contributed by atoms with Crippen LogP contribution in [0, 0.1) is 5.82 Å². The maximum Gasteiger partial charge on any atom is 0.323 e. The first-order chi connectivity index (χ1) is 12.4. The molecular weight excluding hydrogens is 341 g/mol. The molecule has 0 unspecified atom stereocenters. The number of aliphatic carboxylic acids is 1. The molecule has 1 heterocycles. The lowest BCUT2D eigenvalue weighted by atomic mass is 9.92. The third kappa shape index (κ3) is 3.06. The molecular formula is C19H14FNO5. The number of carboxylic acids is 1. The van der Waals surface area contributed by atoms with E-state index < -0.39 is 30.1 Å². The standard InChI is InChI=1S/C19H14FNO5/c1-26-16-7-6-11(9-15(16)20)8-14-12-4-2-3-5-13(12)18(24)21(19(14)25)10-17(22)23/h2-9H,10H2,1H3,(H,22,23)/b14-8-. The number of carbonyl (C=O) groups is 3. The van der Waals surface area contributed by atoms with Gasteiger partial charge in [-0.05, 0) is 35.4 Å². The highest BCUT2D eigenvalue weighted by molar-refractivity contribution is 6.34. The van der Waals surface area contributed by atoms with Crippen molar-refractivity contribution in [3.05, 3.63) is 65.0 Å². The lowest BCUT2D eigenvalue weighted by Gasteiger charge is -2.27. The zero-order valence-corrected chi connectivity index (χ0v) is 13.7. The Morgan fingerprint density at radius 2 is 1.85 bits per heavy atom. The zero-order chi connectivity index (χ0) is 18.8. The highest BCUT2D eigenvalue weighted by Gasteiger charge is 2.35. The van der Waals surface area contributed by atoms with Crippen molar-refractivity contribution in [3.8, 4) is 5.75 Å². The molecule has 0 spiro atoms. The number of hydrogen-bond donors (Lipinski definition) is 1. The van der Waals surface area contributed by atoms with E-state index in [1.54, 1.807) is 24.3 Å². The largest absolute Gasteiger partial charge is 0.494 e. The summed E-state index contributed by atoms with van der Waals surface area (Å²) in [7, 11) is 1.34. The highest BCUT2D eigenvalue weighted by Crippen LogP contribution is 2.31. The molecule has 2 amide bonds. The SMILES string of the molecule is COc1ccc(/C=C2\C(=O)N(CC(=O)O)C(=O)c3ccccc32)cc1F. The van der Waals surface area contributed by atoms with Gasteiger partial charge in [0, 0.05) is 11.1 Å². The predicted octanol–water partition coefficient (Wildman–Crippen LogP) is 2.44. The van der Waals surface area contributed by atoms with E-state index in [0.29, 0.717) is 16.0 Å². The molecule has 3 rings (SSSR count). The smallest absolute Gasteiger partial charge is 0.323 e. The van der Waals surface area contributed by atoms with Crippen LogP contribution in [-0.4, -0.2) is 41.4 Å². The van der Waals surface area contributed by atoms with Gasteiger partial charge in [-0.25, -0.2) is 4.39 Å². The number of halogens is 1. The van der Waals surface area contributed by atoms with Gasteiger partial charge in [-0.1, -0.05) is 24.3 Å². The fourth-order valence-electron chi connectivity index (χ4n) is 2.76. The molecule has 26 heavy (non-hydrogen) atoms. The Hall–Kier alpha value is -3.48. The second kappa shape index (κ2) is 6.79. The number of carbonyl (C=O) groups excluding carboxylic acids is 2. The maximum absolute atomic E-state index is 13.9. The summed E-state index contributed by atoms with van der Waals surface area (Å²) >= 11 is 0. The van der Waals surface area contributed by atoms with Gasteiger partial charge in [0.15, 0.2) is 11.6 Å². The summed E-state index contributed by atoms with van der Waals surface area (Å²) in [5.41, 5.74) is 1.09. The van der Waals surface area contributed by atoms with Crippen LogP contribution in [0.4, 0.5) is 4.39 Å². The molecule has 0 radical (unpaired) electrons. The molecule has 0 saturated heterocycles. The number of ether oxygens (including phenoxy) is 1. The number of hydrogen-bond acceptors (Lipinski definition) is 4. The first-order valence-electron chi connectivity index (χ1n) is 7.65. The summed E-state index contributed by atoms with van der Waals surface area (Å²) in [5, 5.41) is 8.99. The van der Waals surface area contributed by atoms with Crippen molar-refractivity contribution >= 4 is 29.4 Å². The summed E-state index contributed by atoms with van der Waals surface area (Å²) in [5.74, 6) is -3.26. The average Bonchev–Trinajstić information content (AvgIpc) is 2.62. The van der Waals surface area contributed by atoms with Gasteiger partial charge in [-0.15, -0.1) is 0 Å². The van der Waals surface area contributed by atoms with Gasteiger partial charge in [0.05, 0.1) is 7.11 Å². The number of nitrogens with zero attached hydrogens (tertiary/aromatic N) is 1. The molecule has 0 bridgehead atoms. The van der Waals surface area contributed by atoms with Gasteiger partial charge < -0.3 is 9.84 Å². The Labute approximate surface area is 148 Å². The molecule has 0 fully saturated rings. The molecule has 6 nitrogen and oxygen atoms in total. The van der Waals surface area contributed by atoms with Crippen molar-refractivity contribution < 1.29 is 28.6 Å². The fraction of sp³-hybridized carbons (Fsp3) is 0.105. The van der Waals surface area contributed by atoms with Crippen LogP contribution in [0.25, 0.3) is 11.6 Å². The van der Waals surface area contributed by atoms with Crippen molar-refractivity contribution in [1.29, 1.82) is 0 Å². The first-order valence-corrected chi connectivity index (χ1v) is 7.65. The molecule has 2 aromatic rings. The van der Waals surface area contributed by atoms with Gasteiger partial charge in [0.1, 0.15) is 6.54 Å². The van der Waals surface area contributed by atoms with E-state index in [1.165, 1.54) is 31.4 Å². The Balaban J connectivity index is 2.13. The highest BCUT2D eigenvalue weighted by atomic mass is 19.1. The molecule has 1 aliphatic rings. The zero-order valence-electron chi connectivity index (χ0n) is 13.7. The second-order valence-corrected chi connectivity index (χ2v) is 5.59. The predicted molar refractivity (Wildman–Crippen MR) is 90.9 cm³/mol. The van der Waals surface area contributed by atoms with Gasteiger partial charge >= 0.3 is 5.97 Å². The van der Waals surface area contributed by atoms with Gasteiger partial charge in [0.25, 0.3) is 11.8 Å². The maximum atomic E-state index is 13.9. The van der Waals surface area contributed by atoms with Crippen LogP contribution >= 0.6 is 0 Å². The second-order valence-electron chi connectivity index (χ2n) is 5.59. The molecule has 132 valence electrons. The van der Waals surface area contributed by atoms with Crippen LogP contribution in [0.15, 0.2) is 42.5 Å². The van der Waals surface area contributed by atoms with Crippen LogP contribution < -0.4 is 4.74 Å². The Bertz CT molecular complexity index is 951. The Kier molecular flexibility index (Phi) is 4.53. The minimum absolute atomic E-state index is 0.0604. The molecule has 2 aromatic carbocycles. The van der Waals surface area contributed by atoms with Gasteiger partial charge in [-0.2, -0.15) is 0 Å². The first kappa shape index (κ1) is 17.3.